The van der Waals surface area contributed by atoms with E-state index < -0.39 is 14.9 Å². The van der Waals surface area contributed by atoms with Crippen molar-refractivity contribution in [3.05, 3.63) is 76.9 Å². The number of anilines is 1. The first-order valence-electron chi connectivity index (χ1n) is 9.23. The number of benzene rings is 2. The van der Waals surface area contributed by atoms with Gasteiger partial charge in [-0.25, -0.2) is 8.42 Å². The van der Waals surface area contributed by atoms with E-state index in [1.54, 1.807) is 18.2 Å². The Morgan fingerprint density at radius 1 is 1.21 bits per heavy atom. The van der Waals surface area contributed by atoms with E-state index in [9.17, 15) is 23.6 Å². The van der Waals surface area contributed by atoms with Crippen molar-refractivity contribution in [2.24, 2.45) is 0 Å². The molecule has 9 heteroatoms. The minimum Gasteiger partial charge on any atom is -0.395 e. The van der Waals surface area contributed by atoms with Crippen molar-refractivity contribution in [2.45, 2.75) is 22.9 Å². The molecule has 2 heterocycles. The van der Waals surface area contributed by atoms with Gasteiger partial charge in [0.15, 0.2) is 0 Å². The maximum atomic E-state index is 13.4. The largest absolute Gasteiger partial charge is 0.395 e. The Bertz CT molecular complexity index is 1050. The van der Waals surface area contributed by atoms with Crippen molar-refractivity contribution in [1.29, 1.82) is 0 Å². The van der Waals surface area contributed by atoms with Gasteiger partial charge in [0, 0.05) is 36.7 Å². The summed E-state index contributed by atoms with van der Waals surface area (Å²) in [5.41, 5.74) is 1.31. The van der Waals surface area contributed by atoms with Gasteiger partial charge in [-0.15, -0.1) is 6.58 Å². The van der Waals surface area contributed by atoms with E-state index >= 15 is 0 Å². The number of rotatable bonds is 6. The van der Waals surface area contributed by atoms with Gasteiger partial charge >= 0.3 is 0 Å². The molecule has 1 saturated heterocycles. The fraction of sp³-hybridized carbons (Fsp3) is 0.300. The highest BCUT2D eigenvalue weighted by Gasteiger charge is 2.53. The average molecular weight is 415 g/mol. The summed E-state index contributed by atoms with van der Waals surface area (Å²) in [6.07, 6.45) is 1.74. The van der Waals surface area contributed by atoms with Crippen molar-refractivity contribution < 1.29 is 18.4 Å². The number of hydrogen-bond donors (Lipinski definition) is 1. The zero-order valence-electron chi connectivity index (χ0n) is 15.6. The quantitative estimate of drug-likeness (QED) is 0.440. The van der Waals surface area contributed by atoms with Crippen LogP contribution in [0.15, 0.2) is 66.1 Å². The van der Waals surface area contributed by atoms with Gasteiger partial charge in [0.25, 0.3) is 15.7 Å². The van der Waals surface area contributed by atoms with Crippen molar-refractivity contribution in [3.63, 3.8) is 0 Å². The van der Waals surface area contributed by atoms with Crippen LogP contribution in [0.3, 0.4) is 0 Å². The van der Waals surface area contributed by atoms with Crippen LogP contribution in [-0.2, 0) is 10.0 Å². The Balaban J connectivity index is 1.76. The topological polar surface area (TPSA) is 104 Å². The molecule has 2 aliphatic rings. The SMILES string of the molecule is C=CCN1[C@H](CO)[C@@H]2c3ccccc3N(S(=O)(=O)c3ccc([N+](=O)[O-])cc3)C[C@@H]21. The van der Waals surface area contributed by atoms with E-state index in [0.29, 0.717) is 12.2 Å². The first kappa shape index (κ1) is 19.6. The van der Waals surface area contributed by atoms with Crippen LogP contribution in [0.5, 0.6) is 0 Å². The monoisotopic (exact) mass is 415 g/mol. The van der Waals surface area contributed by atoms with Crippen LogP contribution in [0.4, 0.5) is 11.4 Å². The standard InChI is InChI=1S/C20H21N3O5S/c1-2-11-21-18-12-22(17-6-4-3-5-16(17)20(18)19(21)13-24)29(27,28)15-9-7-14(8-10-15)23(25)26/h2-10,18-20,24H,1,11-13H2/t18-,19+,20+/m0/s1. The van der Waals surface area contributed by atoms with Gasteiger partial charge in [-0.3, -0.25) is 19.3 Å². The molecule has 2 aromatic carbocycles. The number of para-hydroxylation sites is 1. The first-order valence-corrected chi connectivity index (χ1v) is 10.7. The molecule has 1 N–H and O–H groups in total. The predicted octanol–water partition coefficient (Wildman–Crippen LogP) is 2.12. The second-order valence-corrected chi connectivity index (χ2v) is 9.04. The molecule has 0 saturated carbocycles. The molecule has 0 aromatic heterocycles. The number of nitro benzene ring substituents is 1. The molecule has 1 fully saturated rings. The number of fused-ring (bicyclic) bond motifs is 3. The van der Waals surface area contributed by atoms with E-state index in [4.69, 9.17) is 0 Å². The lowest BCUT2D eigenvalue weighted by molar-refractivity contribution is -0.384. The third kappa shape index (κ3) is 3.02. The summed E-state index contributed by atoms with van der Waals surface area (Å²) in [6.45, 7) is 4.54. The molecule has 0 radical (unpaired) electrons. The molecule has 0 aliphatic carbocycles. The molecule has 2 aromatic rings. The Kier molecular flexibility index (Phi) is 4.89. The van der Waals surface area contributed by atoms with Gasteiger partial charge in [0.1, 0.15) is 0 Å². The maximum absolute atomic E-state index is 13.4. The van der Waals surface area contributed by atoms with E-state index in [-0.39, 0.29) is 41.7 Å². The molecule has 29 heavy (non-hydrogen) atoms. The summed E-state index contributed by atoms with van der Waals surface area (Å²) in [4.78, 5) is 12.4. The average Bonchev–Trinajstić information content (AvgIpc) is 2.71. The third-order valence-electron chi connectivity index (χ3n) is 5.76. The Morgan fingerprint density at radius 3 is 2.52 bits per heavy atom. The molecular formula is C20H21N3O5S. The fourth-order valence-corrected chi connectivity index (χ4v) is 5.95. The highest BCUT2D eigenvalue weighted by molar-refractivity contribution is 7.92. The van der Waals surface area contributed by atoms with Crippen LogP contribution in [0.1, 0.15) is 11.5 Å². The van der Waals surface area contributed by atoms with Gasteiger partial charge in [0.05, 0.1) is 28.7 Å². The number of nitrogens with zero attached hydrogens (tertiary/aromatic N) is 3. The molecule has 0 spiro atoms. The van der Waals surface area contributed by atoms with Crippen LogP contribution in [0.2, 0.25) is 0 Å². The zero-order chi connectivity index (χ0) is 20.8. The number of non-ortho nitro benzene ring substituents is 1. The fourth-order valence-electron chi connectivity index (χ4n) is 4.44. The predicted molar refractivity (Wildman–Crippen MR) is 108 cm³/mol. The Hall–Kier alpha value is -2.75. The number of hydrogen-bond acceptors (Lipinski definition) is 6. The maximum Gasteiger partial charge on any atom is 0.269 e. The molecule has 152 valence electrons. The smallest absolute Gasteiger partial charge is 0.269 e. The lowest BCUT2D eigenvalue weighted by atomic mass is 9.72. The normalized spacial score (nSPS) is 23.6. The minimum absolute atomic E-state index is 0.00431. The van der Waals surface area contributed by atoms with Crippen molar-refractivity contribution >= 4 is 21.4 Å². The van der Waals surface area contributed by atoms with Gasteiger partial charge in [-0.05, 0) is 23.8 Å². The van der Waals surface area contributed by atoms with Crippen molar-refractivity contribution in [2.75, 3.05) is 24.0 Å². The molecule has 0 bridgehead atoms. The van der Waals surface area contributed by atoms with E-state index in [1.807, 2.05) is 12.1 Å². The second-order valence-electron chi connectivity index (χ2n) is 7.17. The van der Waals surface area contributed by atoms with E-state index in [1.165, 1.54) is 28.6 Å². The van der Waals surface area contributed by atoms with Crippen LogP contribution in [0, 0.1) is 10.1 Å². The molecule has 2 aliphatic heterocycles. The Morgan fingerprint density at radius 2 is 1.90 bits per heavy atom. The van der Waals surface area contributed by atoms with E-state index in [0.717, 1.165) is 5.56 Å². The van der Waals surface area contributed by atoms with Crippen LogP contribution in [-0.4, -0.2) is 55.1 Å². The van der Waals surface area contributed by atoms with Gasteiger partial charge in [-0.1, -0.05) is 24.3 Å². The van der Waals surface area contributed by atoms with Gasteiger partial charge in [-0.2, -0.15) is 0 Å². The summed E-state index contributed by atoms with van der Waals surface area (Å²) in [6, 6.07) is 12.1. The summed E-state index contributed by atoms with van der Waals surface area (Å²) < 4.78 is 28.2. The second kappa shape index (κ2) is 7.25. The number of nitro groups is 1. The zero-order valence-corrected chi connectivity index (χ0v) is 16.4. The molecule has 0 unspecified atom stereocenters. The summed E-state index contributed by atoms with van der Waals surface area (Å²) in [7, 11) is -3.91. The first-order chi connectivity index (χ1) is 13.9. The highest BCUT2D eigenvalue weighted by atomic mass is 32.2. The number of aliphatic hydroxyl groups is 1. The van der Waals surface area contributed by atoms with Gasteiger partial charge < -0.3 is 5.11 Å². The van der Waals surface area contributed by atoms with Gasteiger partial charge in [0.2, 0.25) is 0 Å². The Labute approximate surface area is 168 Å². The molecule has 4 rings (SSSR count). The van der Waals surface area contributed by atoms with E-state index in [2.05, 4.69) is 11.5 Å². The third-order valence-corrected chi connectivity index (χ3v) is 7.55. The molecular weight excluding hydrogens is 394 g/mol. The number of likely N-dealkylation sites (tertiary alicyclic amines) is 1. The number of aliphatic hydroxyl groups excluding tert-OH is 1. The van der Waals surface area contributed by atoms with Crippen molar-refractivity contribution in [1.82, 2.24) is 4.90 Å². The van der Waals surface area contributed by atoms with Crippen LogP contribution < -0.4 is 4.31 Å². The lowest BCUT2D eigenvalue weighted by Gasteiger charge is -2.58. The summed E-state index contributed by atoms with van der Waals surface area (Å²) in [5.74, 6) is 0.0412. The van der Waals surface area contributed by atoms with Crippen molar-refractivity contribution in [3.8, 4) is 0 Å². The summed E-state index contributed by atoms with van der Waals surface area (Å²) in [5, 5.41) is 20.7. The van der Waals surface area contributed by atoms with Crippen LogP contribution >= 0.6 is 0 Å². The number of sulfonamides is 1. The molecule has 3 atom stereocenters. The summed E-state index contributed by atoms with van der Waals surface area (Å²) >= 11 is 0. The lowest BCUT2D eigenvalue weighted by Crippen LogP contribution is -2.69. The minimum atomic E-state index is -3.91. The highest BCUT2D eigenvalue weighted by Crippen LogP contribution is 2.49. The molecule has 0 amide bonds. The molecule has 8 nitrogen and oxygen atoms in total. The van der Waals surface area contributed by atoms with Crippen LogP contribution in [0.25, 0.3) is 0 Å².